The molecule has 2 aromatic rings. The number of benzene rings is 2. The highest BCUT2D eigenvalue weighted by atomic mass is 16.5. The van der Waals surface area contributed by atoms with Crippen LogP contribution in [0.25, 0.3) is 0 Å². The maximum Gasteiger partial charge on any atom is 0.275 e. The first-order chi connectivity index (χ1) is 18.9. The molecule has 3 N–H and O–H groups in total. The Labute approximate surface area is 228 Å². The van der Waals surface area contributed by atoms with Gasteiger partial charge in [-0.25, -0.2) is 5.48 Å². The smallest absolute Gasteiger partial charge is 0.275 e. The van der Waals surface area contributed by atoms with Crippen molar-refractivity contribution in [3.05, 3.63) is 65.2 Å². The molecule has 10 nitrogen and oxygen atoms in total. The van der Waals surface area contributed by atoms with Crippen molar-refractivity contribution < 1.29 is 24.3 Å². The van der Waals surface area contributed by atoms with E-state index in [1.165, 1.54) is 25.3 Å². The molecule has 206 valence electrons. The van der Waals surface area contributed by atoms with Gasteiger partial charge >= 0.3 is 0 Å². The van der Waals surface area contributed by atoms with E-state index in [4.69, 9.17) is 9.94 Å². The Balaban J connectivity index is 1.33. The minimum Gasteiger partial charge on any atom is -0.379 e. The molecule has 0 saturated carbocycles. The van der Waals surface area contributed by atoms with Crippen molar-refractivity contribution >= 4 is 23.4 Å². The molecule has 2 saturated heterocycles. The summed E-state index contributed by atoms with van der Waals surface area (Å²) < 4.78 is 5.48. The first kappa shape index (κ1) is 28.1. The second-order valence-corrected chi connectivity index (χ2v) is 9.65. The molecule has 2 aliphatic heterocycles. The second kappa shape index (κ2) is 13.2. The second-order valence-electron chi connectivity index (χ2n) is 9.65. The minimum atomic E-state index is -1.51. The lowest BCUT2D eigenvalue weighted by atomic mass is 10.0. The quantitative estimate of drug-likeness (QED) is 0.220. The molecule has 10 heteroatoms. The predicted molar refractivity (Wildman–Crippen MR) is 146 cm³/mol. The average molecular weight is 534 g/mol. The van der Waals surface area contributed by atoms with E-state index in [1.807, 2.05) is 12.1 Å². The van der Waals surface area contributed by atoms with Crippen LogP contribution in [0.15, 0.2) is 48.5 Å². The van der Waals surface area contributed by atoms with Crippen molar-refractivity contribution in [2.24, 2.45) is 0 Å². The molecule has 0 bridgehead atoms. The molecule has 2 aromatic carbocycles. The third-order valence-corrected chi connectivity index (χ3v) is 7.30. The molecule has 2 heterocycles. The number of nitrogens with one attached hydrogen (secondary N) is 2. The number of anilines is 1. The van der Waals surface area contributed by atoms with Crippen LogP contribution in [-0.4, -0.2) is 98.3 Å². The maximum absolute atomic E-state index is 12.8. The summed E-state index contributed by atoms with van der Waals surface area (Å²) in [5, 5.41) is 11.2. The lowest BCUT2D eigenvalue weighted by Crippen LogP contribution is -2.54. The fourth-order valence-electron chi connectivity index (χ4n) is 5.02. The molecule has 0 radical (unpaired) electrons. The minimum absolute atomic E-state index is 0.282. The Hall–Kier alpha value is -3.91. The standard InChI is InChI=1S/C29H35N5O5/c1-30-27(35)26(28(36)31-38)32(2)29(37)23-9-5-21(6-10-23)3-4-22-7-11-24(12-8-22)33-15-13-25(14-16-33)34-17-19-39-20-18-34/h5-12,25-26,38H,13-20H2,1-2H3,(H,30,35)(H,31,36). The molecule has 2 fully saturated rings. The van der Waals surface area contributed by atoms with Gasteiger partial charge in [-0.3, -0.25) is 24.5 Å². The summed E-state index contributed by atoms with van der Waals surface area (Å²) in [5.41, 5.74) is 4.53. The number of hydrogen-bond acceptors (Lipinski definition) is 7. The van der Waals surface area contributed by atoms with Crippen LogP contribution in [0.1, 0.15) is 34.3 Å². The average Bonchev–Trinajstić information content (AvgIpc) is 3.00. The van der Waals surface area contributed by atoms with Gasteiger partial charge in [-0.2, -0.15) is 0 Å². The topological polar surface area (TPSA) is 114 Å². The van der Waals surface area contributed by atoms with E-state index in [9.17, 15) is 14.4 Å². The van der Waals surface area contributed by atoms with Crippen LogP contribution in [0.5, 0.6) is 0 Å². The van der Waals surface area contributed by atoms with E-state index in [-0.39, 0.29) is 5.56 Å². The van der Waals surface area contributed by atoms with Gasteiger partial charge in [0, 0.05) is 68.7 Å². The van der Waals surface area contributed by atoms with Gasteiger partial charge in [-0.05, 0) is 61.4 Å². The van der Waals surface area contributed by atoms with Gasteiger partial charge in [0.1, 0.15) is 0 Å². The van der Waals surface area contributed by atoms with Crippen LogP contribution < -0.4 is 15.7 Å². The number of hydrogen-bond donors (Lipinski definition) is 3. The van der Waals surface area contributed by atoms with Gasteiger partial charge < -0.3 is 19.9 Å². The van der Waals surface area contributed by atoms with Crippen molar-refractivity contribution in [1.29, 1.82) is 0 Å². The summed E-state index contributed by atoms with van der Waals surface area (Å²) in [6.07, 6.45) is 2.33. The molecule has 3 amide bonds. The molecule has 0 spiro atoms. The summed E-state index contributed by atoms with van der Waals surface area (Å²) in [6, 6.07) is 14.0. The summed E-state index contributed by atoms with van der Waals surface area (Å²) >= 11 is 0. The Morgan fingerprint density at radius 3 is 2.03 bits per heavy atom. The van der Waals surface area contributed by atoms with Crippen LogP contribution in [0.4, 0.5) is 5.69 Å². The van der Waals surface area contributed by atoms with Crippen LogP contribution in [0.3, 0.4) is 0 Å². The number of amides is 3. The summed E-state index contributed by atoms with van der Waals surface area (Å²) in [4.78, 5) is 42.7. The maximum atomic E-state index is 12.8. The molecule has 39 heavy (non-hydrogen) atoms. The van der Waals surface area contributed by atoms with Crippen LogP contribution in [-0.2, 0) is 14.3 Å². The van der Waals surface area contributed by atoms with Crippen molar-refractivity contribution in [2.75, 3.05) is 58.4 Å². The van der Waals surface area contributed by atoms with E-state index >= 15 is 0 Å². The van der Waals surface area contributed by atoms with Crippen molar-refractivity contribution in [3.63, 3.8) is 0 Å². The normalized spacial score (nSPS) is 16.9. The van der Waals surface area contributed by atoms with Crippen LogP contribution >= 0.6 is 0 Å². The molecular weight excluding hydrogens is 498 g/mol. The zero-order valence-electron chi connectivity index (χ0n) is 22.4. The highest BCUT2D eigenvalue weighted by Gasteiger charge is 2.33. The van der Waals surface area contributed by atoms with Crippen molar-refractivity contribution in [3.8, 4) is 11.8 Å². The van der Waals surface area contributed by atoms with Gasteiger partial charge in [-0.15, -0.1) is 0 Å². The zero-order valence-corrected chi connectivity index (χ0v) is 22.4. The fraction of sp³-hybridized carbons (Fsp3) is 0.414. The number of ether oxygens (including phenoxy) is 1. The Morgan fingerprint density at radius 1 is 0.923 bits per heavy atom. The molecule has 0 aromatic heterocycles. The molecule has 2 aliphatic rings. The summed E-state index contributed by atoms with van der Waals surface area (Å²) in [5.74, 6) is 4.00. The number of carbonyl (C=O) groups is 3. The zero-order chi connectivity index (χ0) is 27.8. The van der Waals surface area contributed by atoms with Gasteiger partial charge in [0.2, 0.25) is 0 Å². The Morgan fingerprint density at radius 2 is 1.49 bits per heavy atom. The van der Waals surface area contributed by atoms with E-state index in [1.54, 1.807) is 24.3 Å². The summed E-state index contributed by atoms with van der Waals surface area (Å²) in [7, 11) is 2.66. The largest absolute Gasteiger partial charge is 0.379 e. The van der Waals surface area contributed by atoms with Crippen LogP contribution in [0, 0.1) is 11.8 Å². The lowest BCUT2D eigenvalue weighted by Gasteiger charge is -2.40. The van der Waals surface area contributed by atoms with Gasteiger partial charge in [0.15, 0.2) is 6.04 Å². The van der Waals surface area contributed by atoms with E-state index < -0.39 is 23.8 Å². The number of nitrogens with zero attached hydrogens (tertiary/aromatic N) is 3. The van der Waals surface area contributed by atoms with E-state index in [2.05, 4.69) is 39.1 Å². The number of rotatable bonds is 6. The first-order valence-electron chi connectivity index (χ1n) is 13.1. The van der Waals surface area contributed by atoms with E-state index in [0.717, 1.165) is 68.3 Å². The Kier molecular flexibility index (Phi) is 9.54. The van der Waals surface area contributed by atoms with Crippen molar-refractivity contribution in [2.45, 2.75) is 24.9 Å². The SMILES string of the molecule is CNC(=O)C(C(=O)NO)N(C)C(=O)c1ccc(C#Cc2ccc(N3CCC(N4CCOCC4)CC3)cc2)cc1. The third kappa shape index (κ3) is 6.95. The molecule has 1 unspecified atom stereocenters. The molecule has 4 rings (SSSR count). The molecule has 1 atom stereocenters. The number of hydroxylamine groups is 1. The number of piperidine rings is 1. The molecular formula is C29H35N5O5. The highest BCUT2D eigenvalue weighted by Crippen LogP contribution is 2.23. The monoisotopic (exact) mass is 533 g/mol. The fourth-order valence-corrected chi connectivity index (χ4v) is 5.02. The van der Waals surface area contributed by atoms with Gasteiger partial charge in [-0.1, -0.05) is 11.8 Å². The van der Waals surface area contributed by atoms with E-state index in [0.29, 0.717) is 6.04 Å². The van der Waals surface area contributed by atoms with Gasteiger partial charge in [0.25, 0.3) is 17.7 Å². The number of morpholine rings is 1. The first-order valence-corrected chi connectivity index (χ1v) is 13.1. The molecule has 0 aliphatic carbocycles. The highest BCUT2D eigenvalue weighted by molar-refractivity contribution is 6.08. The number of carbonyl (C=O) groups excluding carboxylic acids is 3. The Bertz CT molecular complexity index is 1190. The number of likely N-dealkylation sites (N-methyl/N-ethyl adjacent to an activating group) is 2. The summed E-state index contributed by atoms with van der Waals surface area (Å²) in [6.45, 7) is 5.84. The van der Waals surface area contributed by atoms with Crippen molar-refractivity contribution in [1.82, 2.24) is 20.6 Å². The van der Waals surface area contributed by atoms with Crippen LogP contribution in [0.2, 0.25) is 0 Å². The van der Waals surface area contributed by atoms with Gasteiger partial charge in [0.05, 0.1) is 13.2 Å². The third-order valence-electron chi connectivity index (χ3n) is 7.30. The lowest BCUT2D eigenvalue weighted by molar-refractivity contribution is -0.140. The predicted octanol–water partition coefficient (Wildman–Crippen LogP) is 1.08.